The van der Waals surface area contributed by atoms with Crippen LogP contribution in [0.3, 0.4) is 0 Å². The van der Waals surface area contributed by atoms with E-state index in [1.165, 1.54) is 0 Å². The molecule has 0 unspecified atom stereocenters. The molecule has 1 aliphatic heterocycles. The SMILES string of the molecule is CCO[C@H](C)C(=O)N1CCN(C(=O)Nc2ccc(Cl)cc2)CC1. The molecule has 6 nitrogen and oxygen atoms in total. The molecule has 0 spiro atoms. The summed E-state index contributed by atoms with van der Waals surface area (Å²) in [6.07, 6.45) is -0.436. The molecule has 1 aromatic carbocycles. The number of carbonyl (C=O) groups excluding carboxylic acids is 2. The number of halogens is 1. The highest BCUT2D eigenvalue weighted by Crippen LogP contribution is 2.14. The van der Waals surface area contributed by atoms with Crippen LogP contribution in [-0.4, -0.2) is 60.6 Å². The van der Waals surface area contributed by atoms with Gasteiger partial charge in [-0.3, -0.25) is 4.79 Å². The van der Waals surface area contributed by atoms with E-state index in [4.69, 9.17) is 16.3 Å². The molecule has 126 valence electrons. The Labute approximate surface area is 141 Å². The van der Waals surface area contributed by atoms with Gasteiger partial charge in [0.05, 0.1) is 0 Å². The summed E-state index contributed by atoms with van der Waals surface area (Å²) in [5, 5.41) is 3.45. The molecular weight excluding hydrogens is 318 g/mol. The first-order valence-corrected chi connectivity index (χ1v) is 8.11. The third-order valence-corrected chi connectivity index (χ3v) is 3.99. The standard InChI is InChI=1S/C16H22ClN3O3/c1-3-23-12(2)15(21)19-8-10-20(11-9-19)16(22)18-14-6-4-13(17)5-7-14/h4-7,12H,3,8-11H2,1-2H3,(H,18,22)/t12-/m1/s1. The number of carbonyl (C=O) groups is 2. The van der Waals surface area contributed by atoms with Crippen LogP contribution in [0.4, 0.5) is 10.5 Å². The van der Waals surface area contributed by atoms with Crippen LogP contribution in [0, 0.1) is 0 Å². The number of piperazine rings is 1. The number of nitrogens with zero attached hydrogens (tertiary/aromatic N) is 2. The van der Waals surface area contributed by atoms with Crippen molar-refractivity contribution in [2.45, 2.75) is 20.0 Å². The molecule has 2 rings (SSSR count). The Bertz CT molecular complexity index is 542. The molecule has 1 fully saturated rings. The molecule has 0 radical (unpaired) electrons. The van der Waals surface area contributed by atoms with Crippen molar-refractivity contribution in [2.75, 3.05) is 38.1 Å². The van der Waals surface area contributed by atoms with E-state index in [0.29, 0.717) is 43.5 Å². The van der Waals surface area contributed by atoms with Gasteiger partial charge in [-0.2, -0.15) is 0 Å². The molecule has 7 heteroatoms. The second-order valence-corrected chi connectivity index (χ2v) is 5.78. The van der Waals surface area contributed by atoms with Gasteiger partial charge < -0.3 is 19.9 Å². The normalized spacial score (nSPS) is 16.1. The van der Waals surface area contributed by atoms with Gasteiger partial charge in [0.2, 0.25) is 0 Å². The number of benzene rings is 1. The van der Waals surface area contributed by atoms with Crippen molar-refractivity contribution in [1.29, 1.82) is 0 Å². The van der Waals surface area contributed by atoms with Crippen LogP contribution in [0.1, 0.15) is 13.8 Å². The summed E-state index contributed by atoms with van der Waals surface area (Å²) in [5.74, 6) is -0.0235. The zero-order valence-corrected chi connectivity index (χ0v) is 14.2. The first-order valence-electron chi connectivity index (χ1n) is 7.73. The van der Waals surface area contributed by atoms with E-state index >= 15 is 0 Å². The molecule has 1 N–H and O–H groups in total. The average molecular weight is 340 g/mol. The first-order chi connectivity index (χ1) is 11.0. The highest BCUT2D eigenvalue weighted by atomic mass is 35.5. The number of ether oxygens (including phenoxy) is 1. The average Bonchev–Trinajstić information content (AvgIpc) is 2.56. The van der Waals surface area contributed by atoms with Crippen molar-refractivity contribution in [2.24, 2.45) is 0 Å². The topological polar surface area (TPSA) is 61.9 Å². The lowest BCUT2D eigenvalue weighted by molar-refractivity contribution is -0.143. The minimum atomic E-state index is -0.436. The zero-order chi connectivity index (χ0) is 16.8. The lowest BCUT2D eigenvalue weighted by Gasteiger charge is -2.35. The molecule has 0 aliphatic carbocycles. The Hall–Kier alpha value is -1.79. The van der Waals surface area contributed by atoms with Crippen LogP contribution in [0.2, 0.25) is 5.02 Å². The van der Waals surface area contributed by atoms with Crippen LogP contribution in [0.5, 0.6) is 0 Å². The summed E-state index contributed by atoms with van der Waals surface area (Å²) in [7, 11) is 0. The third kappa shape index (κ3) is 4.84. The minimum absolute atomic E-state index is 0.0235. The summed E-state index contributed by atoms with van der Waals surface area (Å²) in [4.78, 5) is 27.8. The van der Waals surface area contributed by atoms with Crippen molar-refractivity contribution >= 4 is 29.2 Å². The van der Waals surface area contributed by atoms with Crippen LogP contribution in [0.15, 0.2) is 24.3 Å². The minimum Gasteiger partial charge on any atom is -0.369 e. The summed E-state index contributed by atoms with van der Waals surface area (Å²) in [6, 6.07) is 6.79. The highest BCUT2D eigenvalue weighted by Gasteiger charge is 2.27. The molecule has 23 heavy (non-hydrogen) atoms. The number of amides is 3. The first kappa shape index (κ1) is 17.6. The number of urea groups is 1. The predicted octanol–water partition coefficient (Wildman–Crippen LogP) is 2.44. The largest absolute Gasteiger partial charge is 0.369 e. The van der Waals surface area contributed by atoms with Crippen molar-refractivity contribution in [1.82, 2.24) is 9.80 Å². The third-order valence-electron chi connectivity index (χ3n) is 3.74. The number of nitrogens with one attached hydrogen (secondary N) is 1. The summed E-state index contributed by atoms with van der Waals surface area (Å²) >= 11 is 5.82. The lowest BCUT2D eigenvalue weighted by atomic mass is 10.2. The van der Waals surface area contributed by atoms with Gasteiger partial charge in [-0.05, 0) is 38.1 Å². The molecule has 0 saturated carbocycles. The molecule has 3 amide bonds. The fourth-order valence-corrected chi connectivity index (χ4v) is 2.57. The number of hydrogen-bond acceptors (Lipinski definition) is 3. The maximum absolute atomic E-state index is 12.2. The van der Waals surface area contributed by atoms with Crippen LogP contribution < -0.4 is 5.32 Å². The number of anilines is 1. The Morgan fingerprint density at radius 2 is 1.74 bits per heavy atom. The van der Waals surface area contributed by atoms with E-state index in [2.05, 4.69) is 5.32 Å². The summed E-state index contributed by atoms with van der Waals surface area (Å²) < 4.78 is 5.32. The maximum atomic E-state index is 12.2. The monoisotopic (exact) mass is 339 g/mol. The predicted molar refractivity (Wildman–Crippen MR) is 89.7 cm³/mol. The van der Waals surface area contributed by atoms with Gasteiger partial charge in [0, 0.05) is 43.5 Å². The van der Waals surface area contributed by atoms with Gasteiger partial charge in [-0.25, -0.2) is 4.79 Å². The van der Waals surface area contributed by atoms with Gasteiger partial charge >= 0.3 is 6.03 Å². The molecule has 1 aromatic rings. The quantitative estimate of drug-likeness (QED) is 0.916. The smallest absolute Gasteiger partial charge is 0.321 e. The molecular formula is C16H22ClN3O3. The fourth-order valence-electron chi connectivity index (χ4n) is 2.44. The van der Waals surface area contributed by atoms with Crippen molar-refractivity contribution in [3.05, 3.63) is 29.3 Å². The number of hydrogen-bond donors (Lipinski definition) is 1. The second-order valence-electron chi connectivity index (χ2n) is 5.35. The lowest BCUT2D eigenvalue weighted by Crippen LogP contribution is -2.53. The van der Waals surface area contributed by atoms with E-state index in [1.807, 2.05) is 6.92 Å². The van der Waals surface area contributed by atoms with E-state index in [1.54, 1.807) is 41.0 Å². The van der Waals surface area contributed by atoms with Crippen LogP contribution >= 0.6 is 11.6 Å². The van der Waals surface area contributed by atoms with Gasteiger partial charge in [-0.15, -0.1) is 0 Å². The van der Waals surface area contributed by atoms with Crippen LogP contribution in [-0.2, 0) is 9.53 Å². The van der Waals surface area contributed by atoms with E-state index in [9.17, 15) is 9.59 Å². The highest BCUT2D eigenvalue weighted by molar-refractivity contribution is 6.30. The van der Waals surface area contributed by atoms with Crippen molar-refractivity contribution in [3.8, 4) is 0 Å². The van der Waals surface area contributed by atoms with Crippen molar-refractivity contribution in [3.63, 3.8) is 0 Å². The Morgan fingerprint density at radius 3 is 2.30 bits per heavy atom. The molecule has 1 heterocycles. The van der Waals surface area contributed by atoms with Gasteiger partial charge in [-0.1, -0.05) is 11.6 Å². The Kier molecular flexibility index (Phi) is 6.24. The van der Waals surface area contributed by atoms with Gasteiger partial charge in [0.15, 0.2) is 0 Å². The second kappa shape index (κ2) is 8.17. The number of rotatable bonds is 4. The van der Waals surface area contributed by atoms with Crippen LogP contribution in [0.25, 0.3) is 0 Å². The van der Waals surface area contributed by atoms with E-state index < -0.39 is 6.10 Å². The van der Waals surface area contributed by atoms with Gasteiger partial charge in [0.25, 0.3) is 5.91 Å². The summed E-state index contributed by atoms with van der Waals surface area (Å²) in [5.41, 5.74) is 0.697. The molecule has 1 aliphatic rings. The maximum Gasteiger partial charge on any atom is 0.321 e. The zero-order valence-electron chi connectivity index (χ0n) is 13.4. The van der Waals surface area contributed by atoms with Gasteiger partial charge in [0.1, 0.15) is 6.10 Å². The molecule has 0 bridgehead atoms. The molecule has 0 aromatic heterocycles. The Morgan fingerprint density at radius 1 is 1.17 bits per heavy atom. The Balaban J connectivity index is 1.82. The van der Waals surface area contributed by atoms with E-state index in [0.717, 1.165) is 0 Å². The molecule has 1 saturated heterocycles. The molecule has 1 atom stereocenters. The van der Waals surface area contributed by atoms with E-state index in [-0.39, 0.29) is 11.9 Å². The fraction of sp³-hybridized carbons (Fsp3) is 0.500. The summed E-state index contributed by atoms with van der Waals surface area (Å²) in [6.45, 7) is 6.17. The van der Waals surface area contributed by atoms with Crippen molar-refractivity contribution < 1.29 is 14.3 Å².